The minimum Gasteiger partial charge on any atom is -0.493 e. The van der Waals surface area contributed by atoms with Crippen molar-refractivity contribution in [2.24, 2.45) is 0 Å². The van der Waals surface area contributed by atoms with Crippen molar-refractivity contribution in [3.63, 3.8) is 0 Å². The van der Waals surface area contributed by atoms with Crippen LogP contribution < -0.4 is 4.74 Å². The number of hydrogen-bond acceptors (Lipinski definition) is 5. The first-order valence-electron chi connectivity index (χ1n) is 8.98. The van der Waals surface area contributed by atoms with Gasteiger partial charge in [0, 0.05) is 19.5 Å². The summed E-state index contributed by atoms with van der Waals surface area (Å²) in [6.07, 6.45) is 0.479. The van der Waals surface area contributed by atoms with E-state index in [0.29, 0.717) is 54.8 Å². The fourth-order valence-electron chi connectivity index (χ4n) is 2.85. The van der Waals surface area contributed by atoms with E-state index in [-0.39, 0.29) is 5.91 Å². The van der Waals surface area contributed by atoms with E-state index >= 15 is 0 Å². The van der Waals surface area contributed by atoms with Gasteiger partial charge in [-0.25, -0.2) is 4.98 Å². The van der Waals surface area contributed by atoms with Gasteiger partial charge in [-0.3, -0.25) is 4.79 Å². The van der Waals surface area contributed by atoms with Crippen molar-refractivity contribution in [3.8, 4) is 5.75 Å². The standard InChI is InChI=1S/C20H28N2O4/c1-6-22(19(23)15-10-8-9-11-16(15)25-7-2)13-12-17-21-18(14(3)26-17)20(4,5)24/h8-11,24H,6-7,12-13H2,1-5H3. The predicted molar refractivity (Wildman–Crippen MR) is 99.4 cm³/mol. The Morgan fingerprint density at radius 2 is 2.00 bits per heavy atom. The molecule has 0 saturated carbocycles. The Bertz CT molecular complexity index is 747. The van der Waals surface area contributed by atoms with Gasteiger partial charge in [-0.15, -0.1) is 0 Å². The van der Waals surface area contributed by atoms with Crippen LogP contribution in [-0.4, -0.2) is 40.6 Å². The number of amides is 1. The molecule has 2 rings (SSSR count). The first-order valence-corrected chi connectivity index (χ1v) is 8.98. The molecule has 6 nitrogen and oxygen atoms in total. The number of aryl methyl sites for hydroxylation is 1. The molecular formula is C20H28N2O4. The normalized spacial score (nSPS) is 11.5. The molecule has 2 aromatic rings. The van der Waals surface area contributed by atoms with Gasteiger partial charge < -0.3 is 19.2 Å². The zero-order valence-electron chi connectivity index (χ0n) is 16.2. The van der Waals surface area contributed by atoms with Crippen LogP contribution in [0.2, 0.25) is 0 Å². The second kappa shape index (κ2) is 8.36. The molecule has 1 amide bonds. The largest absolute Gasteiger partial charge is 0.493 e. The third-order valence-corrected chi connectivity index (χ3v) is 4.10. The van der Waals surface area contributed by atoms with Crippen LogP contribution in [0.1, 0.15) is 55.4 Å². The van der Waals surface area contributed by atoms with Crippen molar-refractivity contribution in [2.45, 2.75) is 46.6 Å². The summed E-state index contributed by atoms with van der Waals surface area (Å²) in [5, 5.41) is 10.1. The van der Waals surface area contributed by atoms with Gasteiger partial charge in [0.15, 0.2) is 5.89 Å². The Hall–Kier alpha value is -2.34. The van der Waals surface area contributed by atoms with Gasteiger partial charge in [-0.2, -0.15) is 0 Å². The van der Waals surface area contributed by atoms with E-state index in [4.69, 9.17) is 9.15 Å². The van der Waals surface area contributed by atoms with E-state index in [1.54, 1.807) is 37.8 Å². The highest BCUT2D eigenvalue weighted by Crippen LogP contribution is 2.24. The molecule has 0 spiro atoms. The van der Waals surface area contributed by atoms with Crippen LogP contribution in [0.5, 0.6) is 5.75 Å². The lowest BCUT2D eigenvalue weighted by atomic mass is 10.0. The third kappa shape index (κ3) is 4.64. The molecule has 6 heteroatoms. The van der Waals surface area contributed by atoms with Crippen LogP contribution >= 0.6 is 0 Å². The Morgan fingerprint density at radius 3 is 2.58 bits per heavy atom. The molecule has 0 aliphatic rings. The van der Waals surface area contributed by atoms with Gasteiger partial charge in [0.25, 0.3) is 5.91 Å². The quantitative estimate of drug-likeness (QED) is 0.781. The number of benzene rings is 1. The van der Waals surface area contributed by atoms with Crippen molar-refractivity contribution in [1.29, 1.82) is 0 Å². The molecule has 1 aromatic heterocycles. The van der Waals surface area contributed by atoms with Gasteiger partial charge >= 0.3 is 0 Å². The predicted octanol–water partition coefficient (Wildman–Crippen LogP) is 3.31. The lowest BCUT2D eigenvalue weighted by molar-refractivity contribution is 0.0724. The number of carbonyl (C=O) groups excluding carboxylic acids is 1. The van der Waals surface area contributed by atoms with Crippen molar-refractivity contribution in [1.82, 2.24) is 9.88 Å². The maximum atomic E-state index is 12.9. The number of ether oxygens (including phenoxy) is 1. The number of aromatic nitrogens is 1. The molecule has 0 unspecified atom stereocenters. The monoisotopic (exact) mass is 360 g/mol. The topological polar surface area (TPSA) is 75.8 Å². The summed E-state index contributed by atoms with van der Waals surface area (Å²) in [7, 11) is 0. The van der Waals surface area contributed by atoms with Crippen molar-refractivity contribution < 1.29 is 19.1 Å². The third-order valence-electron chi connectivity index (χ3n) is 4.10. The lowest BCUT2D eigenvalue weighted by Crippen LogP contribution is -2.33. The molecule has 0 fully saturated rings. The van der Waals surface area contributed by atoms with Crippen molar-refractivity contribution in [3.05, 3.63) is 47.2 Å². The number of nitrogens with zero attached hydrogens (tertiary/aromatic N) is 2. The summed E-state index contributed by atoms with van der Waals surface area (Å²) >= 11 is 0. The van der Waals surface area contributed by atoms with Gasteiger partial charge in [0.2, 0.25) is 0 Å². The van der Waals surface area contributed by atoms with Crippen LogP contribution in [0.3, 0.4) is 0 Å². The van der Waals surface area contributed by atoms with Crippen LogP contribution in [0.4, 0.5) is 0 Å². The highest BCUT2D eigenvalue weighted by Gasteiger charge is 2.25. The number of hydrogen-bond donors (Lipinski definition) is 1. The average Bonchev–Trinajstić information content (AvgIpc) is 2.97. The number of oxazole rings is 1. The molecular weight excluding hydrogens is 332 g/mol. The highest BCUT2D eigenvalue weighted by atomic mass is 16.5. The van der Waals surface area contributed by atoms with Crippen LogP contribution in [0.15, 0.2) is 28.7 Å². The SMILES string of the molecule is CCOc1ccccc1C(=O)N(CC)CCc1nc(C(C)(C)O)c(C)o1. The summed E-state index contributed by atoms with van der Waals surface area (Å²) in [6.45, 7) is 10.5. The number of para-hydroxylation sites is 1. The second-order valence-electron chi connectivity index (χ2n) is 6.64. The minimum atomic E-state index is -1.05. The highest BCUT2D eigenvalue weighted by molar-refractivity contribution is 5.96. The van der Waals surface area contributed by atoms with E-state index < -0.39 is 5.60 Å². The van der Waals surface area contributed by atoms with Gasteiger partial charge in [0.1, 0.15) is 22.8 Å². The smallest absolute Gasteiger partial charge is 0.257 e. The molecule has 0 aliphatic carbocycles. The zero-order valence-corrected chi connectivity index (χ0v) is 16.2. The fraction of sp³-hybridized carbons (Fsp3) is 0.500. The number of carbonyl (C=O) groups is 1. The molecule has 26 heavy (non-hydrogen) atoms. The summed E-state index contributed by atoms with van der Waals surface area (Å²) in [4.78, 5) is 19.0. The van der Waals surface area contributed by atoms with Crippen molar-refractivity contribution in [2.75, 3.05) is 19.7 Å². The average molecular weight is 360 g/mol. The summed E-state index contributed by atoms with van der Waals surface area (Å²) in [6, 6.07) is 7.26. The number of rotatable bonds is 8. The maximum absolute atomic E-state index is 12.9. The van der Waals surface area contributed by atoms with Crippen molar-refractivity contribution >= 4 is 5.91 Å². The first kappa shape index (κ1) is 20.0. The summed E-state index contributed by atoms with van der Waals surface area (Å²) in [5.74, 6) is 1.63. The fourth-order valence-corrected chi connectivity index (χ4v) is 2.85. The molecule has 1 aromatic carbocycles. The molecule has 1 N–H and O–H groups in total. The van der Waals surface area contributed by atoms with Crippen LogP contribution in [0, 0.1) is 6.92 Å². The molecule has 0 saturated heterocycles. The van der Waals surface area contributed by atoms with Gasteiger partial charge in [-0.1, -0.05) is 12.1 Å². The Labute approximate surface area is 154 Å². The van der Waals surface area contributed by atoms with E-state index in [1.165, 1.54) is 0 Å². The Balaban J connectivity index is 2.12. The van der Waals surface area contributed by atoms with Crippen LogP contribution in [-0.2, 0) is 12.0 Å². The lowest BCUT2D eigenvalue weighted by Gasteiger charge is -2.21. The first-order chi connectivity index (χ1) is 12.3. The Morgan fingerprint density at radius 1 is 1.31 bits per heavy atom. The van der Waals surface area contributed by atoms with Crippen LogP contribution in [0.25, 0.3) is 0 Å². The molecule has 1 heterocycles. The van der Waals surface area contributed by atoms with Gasteiger partial charge in [0.05, 0.1) is 12.2 Å². The summed E-state index contributed by atoms with van der Waals surface area (Å²) < 4.78 is 11.2. The second-order valence-corrected chi connectivity index (χ2v) is 6.64. The zero-order chi connectivity index (χ0) is 19.3. The summed E-state index contributed by atoms with van der Waals surface area (Å²) in [5.41, 5.74) is 0.0308. The molecule has 0 aliphatic heterocycles. The number of likely N-dealkylation sites (N-methyl/N-ethyl adjacent to an activating group) is 1. The van der Waals surface area contributed by atoms with E-state index in [2.05, 4.69) is 4.98 Å². The molecule has 142 valence electrons. The Kier molecular flexibility index (Phi) is 6.42. The maximum Gasteiger partial charge on any atom is 0.257 e. The molecule has 0 radical (unpaired) electrons. The number of aliphatic hydroxyl groups is 1. The minimum absolute atomic E-state index is 0.0810. The molecule has 0 bridgehead atoms. The molecule has 0 atom stereocenters. The van der Waals surface area contributed by atoms with E-state index in [0.717, 1.165) is 0 Å². The van der Waals surface area contributed by atoms with E-state index in [1.807, 2.05) is 26.0 Å². The van der Waals surface area contributed by atoms with E-state index in [9.17, 15) is 9.90 Å². The van der Waals surface area contributed by atoms with Gasteiger partial charge in [-0.05, 0) is 46.8 Å².